The van der Waals surface area contributed by atoms with Gasteiger partial charge in [0.2, 0.25) is 11.8 Å². The van der Waals surface area contributed by atoms with Crippen LogP contribution in [0.1, 0.15) is 28.0 Å². The number of likely N-dealkylation sites (N-methyl/N-ethyl adjacent to an activating group) is 2. The molecule has 5 aromatic rings. The number of benzene rings is 3. The van der Waals surface area contributed by atoms with Gasteiger partial charge in [0.1, 0.15) is 11.8 Å². The molecule has 0 saturated heterocycles. The van der Waals surface area contributed by atoms with Crippen LogP contribution in [0.25, 0.3) is 17.3 Å². The van der Waals surface area contributed by atoms with Crippen molar-refractivity contribution in [3.8, 4) is 11.3 Å². The summed E-state index contributed by atoms with van der Waals surface area (Å²) in [6.07, 6.45) is 1.92. The number of hydrogen-bond donors (Lipinski definition) is 0. The molecule has 0 bridgehead atoms. The molecule has 1 atom stereocenters. The van der Waals surface area contributed by atoms with Crippen LogP contribution >= 0.6 is 0 Å². The van der Waals surface area contributed by atoms with E-state index in [1.807, 2.05) is 96.9 Å². The summed E-state index contributed by atoms with van der Waals surface area (Å²) in [5, 5.41) is 0. The number of rotatable bonds is 14. The first-order valence-electron chi connectivity index (χ1n) is 16.2. The number of carbonyl (C=O) groups is 2. The fraction of sp³-hybridized carbons (Fsp3) is 0.225. The van der Waals surface area contributed by atoms with Crippen LogP contribution in [-0.2, 0) is 35.3 Å². The highest BCUT2D eigenvalue weighted by molar-refractivity contribution is 5.95. The minimum Gasteiger partial charge on any atom is -0.468 e. The van der Waals surface area contributed by atoms with Gasteiger partial charge in [-0.25, -0.2) is 0 Å². The highest BCUT2D eigenvalue weighted by Crippen LogP contribution is 2.29. The molecule has 0 N–H and O–H groups in total. The van der Waals surface area contributed by atoms with Gasteiger partial charge in [0.15, 0.2) is 0 Å². The zero-order chi connectivity index (χ0) is 35.5. The number of aromatic nitrogens is 1. The van der Waals surface area contributed by atoms with E-state index >= 15 is 0 Å². The monoisotopic (exact) mass is 680 g/mol. The molecule has 0 unspecified atom stereocenters. The normalized spacial score (nSPS) is 12.3. The van der Waals surface area contributed by atoms with Gasteiger partial charge in [-0.1, -0.05) is 72.8 Å². The Hall–Kier alpha value is -5.48. The van der Waals surface area contributed by atoms with Crippen molar-refractivity contribution in [2.45, 2.75) is 31.7 Å². The van der Waals surface area contributed by atoms with Gasteiger partial charge in [-0.15, -0.1) is 0 Å². The Morgan fingerprint density at radius 2 is 1.52 bits per heavy atom. The maximum absolute atomic E-state index is 14.3. The first kappa shape index (κ1) is 35.8. The van der Waals surface area contributed by atoms with E-state index in [9.17, 15) is 22.8 Å². The van der Waals surface area contributed by atoms with Gasteiger partial charge in [-0.3, -0.25) is 19.5 Å². The Labute approximate surface area is 290 Å². The Morgan fingerprint density at radius 1 is 0.800 bits per heavy atom. The van der Waals surface area contributed by atoms with Crippen molar-refractivity contribution in [1.82, 2.24) is 19.7 Å². The van der Waals surface area contributed by atoms with Crippen LogP contribution in [0.2, 0.25) is 0 Å². The van der Waals surface area contributed by atoms with Gasteiger partial charge in [0.05, 0.1) is 24.1 Å². The molecule has 0 aliphatic rings. The molecule has 0 radical (unpaired) electrons. The Bertz CT molecular complexity index is 1830. The van der Waals surface area contributed by atoms with E-state index in [0.29, 0.717) is 25.2 Å². The number of hydrogen-bond acceptors (Lipinski definition) is 5. The van der Waals surface area contributed by atoms with E-state index in [-0.39, 0.29) is 18.9 Å². The molecule has 5 rings (SSSR count). The largest absolute Gasteiger partial charge is 0.468 e. The Morgan fingerprint density at radius 3 is 2.16 bits per heavy atom. The zero-order valence-electron chi connectivity index (χ0n) is 28.0. The van der Waals surface area contributed by atoms with Crippen LogP contribution < -0.4 is 0 Å². The quantitative estimate of drug-likeness (QED) is 0.113. The molecular formula is C40H39F3N4O3. The summed E-state index contributed by atoms with van der Waals surface area (Å²) >= 11 is 0. The molecule has 2 heterocycles. The van der Waals surface area contributed by atoms with Crippen LogP contribution in [0.4, 0.5) is 13.2 Å². The molecule has 0 fully saturated rings. The molecule has 0 aliphatic heterocycles. The van der Waals surface area contributed by atoms with Crippen LogP contribution in [0.3, 0.4) is 0 Å². The van der Waals surface area contributed by atoms with Crippen molar-refractivity contribution < 1.29 is 27.2 Å². The lowest BCUT2D eigenvalue weighted by molar-refractivity contribution is -0.143. The maximum Gasteiger partial charge on any atom is 0.416 e. The maximum atomic E-state index is 14.3. The Kier molecular flexibility index (Phi) is 12.0. The summed E-state index contributed by atoms with van der Waals surface area (Å²) in [6, 6.07) is 30.2. The van der Waals surface area contributed by atoms with Crippen molar-refractivity contribution in [2.24, 2.45) is 0 Å². The van der Waals surface area contributed by atoms with Gasteiger partial charge in [0, 0.05) is 50.9 Å². The van der Waals surface area contributed by atoms with E-state index in [1.165, 1.54) is 29.2 Å². The first-order chi connectivity index (χ1) is 24.1. The highest BCUT2D eigenvalue weighted by Gasteiger charge is 2.32. The topological polar surface area (TPSA) is 69.9 Å². The lowest BCUT2D eigenvalue weighted by atomic mass is 10.0. The fourth-order valence-corrected chi connectivity index (χ4v) is 5.50. The molecule has 3 aromatic carbocycles. The summed E-state index contributed by atoms with van der Waals surface area (Å²) in [7, 11) is 3.67. The van der Waals surface area contributed by atoms with Crippen molar-refractivity contribution in [3.63, 3.8) is 0 Å². The molecule has 10 heteroatoms. The number of carbonyl (C=O) groups excluding carboxylic acids is 2. The lowest BCUT2D eigenvalue weighted by Crippen LogP contribution is -2.51. The van der Waals surface area contributed by atoms with Gasteiger partial charge in [-0.2, -0.15) is 13.2 Å². The smallest absolute Gasteiger partial charge is 0.416 e. The predicted molar refractivity (Wildman–Crippen MR) is 187 cm³/mol. The van der Waals surface area contributed by atoms with Crippen LogP contribution in [0, 0.1) is 0 Å². The van der Waals surface area contributed by atoms with Gasteiger partial charge in [-0.05, 0) is 66.2 Å². The molecule has 7 nitrogen and oxygen atoms in total. The number of amides is 2. The van der Waals surface area contributed by atoms with Gasteiger partial charge in [0.25, 0.3) is 0 Å². The van der Waals surface area contributed by atoms with E-state index in [1.54, 1.807) is 24.4 Å². The third-order valence-corrected chi connectivity index (χ3v) is 8.34. The van der Waals surface area contributed by atoms with Crippen molar-refractivity contribution in [1.29, 1.82) is 0 Å². The van der Waals surface area contributed by atoms with Crippen molar-refractivity contribution in [3.05, 3.63) is 156 Å². The first-order valence-corrected chi connectivity index (χ1v) is 16.2. The number of halogens is 3. The molecule has 2 amide bonds. The third kappa shape index (κ3) is 10.0. The lowest BCUT2D eigenvalue weighted by Gasteiger charge is -2.34. The number of alkyl halides is 3. The number of nitrogens with zero attached hydrogens (tertiary/aromatic N) is 4. The van der Waals surface area contributed by atoms with Crippen LogP contribution in [-0.4, -0.2) is 64.7 Å². The minimum atomic E-state index is -4.47. The second-order valence-corrected chi connectivity index (χ2v) is 12.1. The standard InChI is InChI=1S/C40H39F3N4O3/c1-45(29-35-11-8-26-50-35)24-25-46(2)39(49)37(27-31-9-4-3-5-10-31)47(28-32-13-18-33(19-14-32)36-12-6-7-23-44-36)38(48)22-17-30-15-20-34(21-16-30)40(41,42)43/h3-23,26,37H,24-25,27-29H2,1-2H3/t37-/m0/s1. The van der Waals surface area contributed by atoms with Crippen molar-refractivity contribution in [2.75, 3.05) is 27.2 Å². The summed E-state index contributed by atoms with van der Waals surface area (Å²) in [5.41, 5.74) is 3.04. The van der Waals surface area contributed by atoms with E-state index in [4.69, 9.17) is 4.42 Å². The number of furan rings is 1. The molecular weight excluding hydrogens is 641 g/mol. The van der Waals surface area contributed by atoms with E-state index < -0.39 is 23.7 Å². The summed E-state index contributed by atoms with van der Waals surface area (Å²) < 4.78 is 44.9. The predicted octanol–water partition coefficient (Wildman–Crippen LogP) is 7.60. The molecule has 0 aliphatic carbocycles. The SMILES string of the molecule is CN(CCN(C)C(=O)[C@H](Cc1ccccc1)N(Cc1ccc(-c2ccccn2)cc1)C(=O)C=Cc1ccc(C(F)(F)F)cc1)Cc1ccco1. The molecule has 50 heavy (non-hydrogen) atoms. The summed E-state index contributed by atoms with van der Waals surface area (Å²) in [5.74, 6) is 0.132. The minimum absolute atomic E-state index is 0.119. The van der Waals surface area contributed by atoms with Gasteiger partial charge >= 0.3 is 6.18 Å². The fourth-order valence-electron chi connectivity index (χ4n) is 5.50. The van der Waals surface area contributed by atoms with E-state index in [0.717, 1.165) is 40.3 Å². The molecule has 2 aromatic heterocycles. The summed E-state index contributed by atoms with van der Waals surface area (Å²) in [6.45, 7) is 1.67. The van der Waals surface area contributed by atoms with E-state index in [2.05, 4.69) is 4.98 Å². The second kappa shape index (κ2) is 16.8. The molecule has 258 valence electrons. The van der Waals surface area contributed by atoms with Crippen molar-refractivity contribution >= 4 is 17.9 Å². The van der Waals surface area contributed by atoms with Gasteiger partial charge < -0.3 is 14.2 Å². The average Bonchev–Trinajstić information content (AvgIpc) is 3.64. The highest BCUT2D eigenvalue weighted by atomic mass is 19.4. The summed E-state index contributed by atoms with van der Waals surface area (Å²) in [4.78, 5) is 38.0. The average molecular weight is 681 g/mol. The molecule has 0 saturated carbocycles. The second-order valence-electron chi connectivity index (χ2n) is 12.1. The number of pyridine rings is 1. The molecule has 0 spiro atoms. The third-order valence-electron chi connectivity index (χ3n) is 8.34. The van der Waals surface area contributed by atoms with Crippen LogP contribution in [0.5, 0.6) is 0 Å². The zero-order valence-corrected chi connectivity index (χ0v) is 28.0. The van der Waals surface area contributed by atoms with Crippen LogP contribution in [0.15, 0.2) is 132 Å². The Balaban J connectivity index is 1.43.